The minimum atomic E-state index is 0.380. The van der Waals surface area contributed by atoms with Gasteiger partial charge >= 0.3 is 0 Å². The van der Waals surface area contributed by atoms with Crippen molar-refractivity contribution in [3.63, 3.8) is 0 Å². The van der Waals surface area contributed by atoms with Crippen molar-refractivity contribution in [1.29, 1.82) is 0 Å². The Balaban J connectivity index is 1.73. The molecule has 0 atom stereocenters. The molecular weight excluding hydrogens is 352 g/mol. The Morgan fingerprint density at radius 3 is 1.93 bits per heavy atom. The van der Waals surface area contributed by atoms with E-state index in [1.165, 1.54) is 68.1 Å². The first-order chi connectivity index (χ1) is 14.3. The molecule has 0 heterocycles. The second-order valence-electron chi connectivity index (χ2n) is 7.95. The average molecular weight is 387 g/mol. The minimum Gasteiger partial charge on any atom is -0.507 e. The third kappa shape index (κ3) is 5.97. The van der Waals surface area contributed by atoms with Gasteiger partial charge in [-0.3, -0.25) is 0 Å². The van der Waals surface area contributed by atoms with E-state index in [0.29, 0.717) is 5.75 Å². The Morgan fingerprint density at radius 1 is 0.586 bits per heavy atom. The SMILES string of the molecule is CCCCCCCCCCc1cccc(O)c1-c1ccccc1-c1ccccc1. The molecule has 0 aromatic heterocycles. The highest BCUT2D eigenvalue weighted by Gasteiger charge is 2.14. The summed E-state index contributed by atoms with van der Waals surface area (Å²) >= 11 is 0. The molecule has 0 bridgehead atoms. The maximum Gasteiger partial charge on any atom is 0.123 e. The number of unbranched alkanes of at least 4 members (excludes halogenated alkanes) is 7. The molecule has 0 amide bonds. The van der Waals surface area contributed by atoms with Gasteiger partial charge in [-0.2, -0.15) is 0 Å². The van der Waals surface area contributed by atoms with Crippen LogP contribution >= 0.6 is 0 Å². The molecule has 0 aliphatic heterocycles. The van der Waals surface area contributed by atoms with Crippen molar-refractivity contribution in [2.45, 2.75) is 64.7 Å². The Labute approximate surface area is 176 Å². The van der Waals surface area contributed by atoms with Gasteiger partial charge in [-0.15, -0.1) is 0 Å². The molecule has 0 spiro atoms. The quantitative estimate of drug-likeness (QED) is 0.328. The van der Waals surface area contributed by atoms with Gasteiger partial charge in [0.15, 0.2) is 0 Å². The first-order valence-corrected chi connectivity index (χ1v) is 11.3. The Hall–Kier alpha value is -2.54. The van der Waals surface area contributed by atoms with Crippen LogP contribution in [0.5, 0.6) is 5.75 Å². The molecule has 1 nitrogen and oxygen atoms in total. The molecule has 0 saturated carbocycles. The Kier molecular flexibility index (Phi) is 8.37. The smallest absolute Gasteiger partial charge is 0.123 e. The van der Waals surface area contributed by atoms with Crippen LogP contribution in [-0.2, 0) is 6.42 Å². The summed E-state index contributed by atoms with van der Waals surface area (Å²) in [5.74, 6) is 0.380. The number of aromatic hydroxyl groups is 1. The van der Waals surface area contributed by atoms with Crippen molar-refractivity contribution in [2.24, 2.45) is 0 Å². The van der Waals surface area contributed by atoms with Gasteiger partial charge in [0, 0.05) is 5.56 Å². The van der Waals surface area contributed by atoms with E-state index in [1.54, 1.807) is 0 Å². The predicted octanol–water partition coefficient (Wildman–Crippen LogP) is 8.41. The van der Waals surface area contributed by atoms with E-state index in [4.69, 9.17) is 0 Å². The highest BCUT2D eigenvalue weighted by molar-refractivity contribution is 5.87. The largest absolute Gasteiger partial charge is 0.507 e. The molecule has 3 rings (SSSR count). The van der Waals surface area contributed by atoms with Gasteiger partial charge in [0.1, 0.15) is 5.75 Å². The summed E-state index contributed by atoms with van der Waals surface area (Å²) in [6.45, 7) is 2.27. The molecule has 0 unspecified atom stereocenters. The highest BCUT2D eigenvalue weighted by atomic mass is 16.3. The zero-order valence-corrected chi connectivity index (χ0v) is 17.7. The molecule has 1 heteroatoms. The van der Waals surface area contributed by atoms with E-state index in [1.807, 2.05) is 18.2 Å². The van der Waals surface area contributed by atoms with Crippen LogP contribution in [0.1, 0.15) is 63.9 Å². The lowest BCUT2D eigenvalue weighted by Gasteiger charge is -2.16. The number of benzene rings is 3. The molecule has 0 fully saturated rings. The van der Waals surface area contributed by atoms with Gasteiger partial charge in [-0.05, 0) is 41.2 Å². The van der Waals surface area contributed by atoms with Gasteiger partial charge in [-0.25, -0.2) is 0 Å². The van der Waals surface area contributed by atoms with Gasteiger partial charge in [0.05, 0.1) is 0 Å². The van der Waals surface area contributed by atoms with Crippen molar-refractivity contribution in [3.05, 3.63) is 78.4 Å². The number of rotatable bonds is 11. The summed E-state index contributed by atoms with van der Waals surface area (Å²) in [7, 11) is 0. The molecule has 0 aliphatic rings. The number of phenolic OH excluding ortho intramolecular Hbond substituents is 1. The third-order valence-corrected chi connectivity index (χ3v) is 5.71. The van der Waals surface area contributed by atoms with E-state index >= 15 is 0 Å². The van der Waals surface area contributed by atoms with Crippen LogP contribution in [0.4, 0.5) is 0 Å². The summed E-state index contributed by atoms with van der Waals surface area (Å²) in [6.07, 6.45) is 11.6. The van der Waals surface area contributed by atoms with Crippen LogP contribution in [-0.4, -0.2) is 5.11 Å². The molecule has 152 valence electrons. The lowest BCUT2D eigenvalue weighted by Crippen LogP contribution is -1.94. The predicted molar refractivity (Wildman–Crippen MR) is 125 cm³/mol. The second-order valence-corrected chi connectivity index (χ2v) is 7.95. The molecule has 3 aromatic carbocycles. The standard InChI is InChI=1S/C28H34O/c1-2-3-4-5-6-7-8-10-18-24-19-15-22-27(29)28(24)26-21-14-13-20-25(26)23-16-11-9-12-17-23/h9,11-17,19-22,29H,2-8,10,18H2,1H3. The van der Waals surface area contributed by atoms with Gasteiger partial charge < -0.3 is 5.11 Å². The third-order valence-electron chi connectivity index (χ3n) is 5.71. The zero-order chi connectivity index (χ0) is 20.3. The van der Waals surface area contributed by atoms with Crippen molar-refractivity contribution < 1.29 is 5.11 Å². The van der Waals surface area contributed by atoms with E-state index in [-0.39, 0.29) is 0 Å². The van der Waals surface area contributed by atoms with Crippen LogP contribution < -0.4 is 0 Å². The van der Waals surface area contributed by atoms with Crippen molar-refractivity contribution in [2.75, 3.05) is 0 Å². The van der Waals surface area contributed by atoms with Crippen LogP contribution in [0.2, 0.25) is 0 Å². The summed E-state index contributed by atoms with van der Waals surface area (Å²) in [4.78, 5) is 0. The lowest BCUT2D eigenvalue weighted by atomic mass is 9.89. The summed E-state index contributed by atoms with van der Waals surface area (Å²) in [5.41, 5.74) is 5.72. The van der Waals surface area contributed by atoms with Crippen molar-refractivity contribution >= 4 is 0 Å². The van der Waals surface area contributed by atoms with E-state index in [2.05, 4.69) is 61.5 Å². The zero-order valence-electron chi connectivity index (χ0n) is 17.7. The maximum absolute atomic E-state index is 10.7. The molecule has 0 radical (unpaired) electrons. The number of hydrogen-bond donors (Lipinski definition) is 1. The highest BCUT2D eigenvalue weighted by Crippen LogP contribution is 2.39. The summed E-state index contributed by atoms with van der Waals surface area (Å²) < 4.78 is 0. The minimum absolute atomic E-state index is 0.380. The number of hydrogen-bond acceptors (Lipinski definition) is 1. The molecule has 29 heavy (non-hydrogen) atoms. The van der Waals surface area contributed by atoms with Crippen LogP contribution in [0.15, 0.2) is 72.8 Å². The lowest BCUT2D eigenvalue weighted by molar-refractivity contribution is 0.476. The maximum atomic E-state index is 10.7. The van der Waals surface area contributed by atoms with Crippen LogP contribution in [0.3, 0.4) is 0 Å². The van der Waals surface area contributed by atoms with Crippen molar-refractivity contribution in [3.8, 4) is 28.0 Å². The van der Waals surface area contributed by atoms with Gasteiger partial charge in [0.2, 0.25) is 0 Å². The fourth-order valence-electron chi connectivity index (χ4n) is 4.13. The topological polar surface area (TPSA) is 20.2 Å². The molecule has 0 aliphatic carbocycles. The number of phenols is 1. The van der Waals surface area contributed by atoms with Gasteiger partial charge in [0.25, 0.3) is 0 Å². The normalized spacial score (nSPS) is 10.9. The van der Waals surface area contributed by atoms with Crippen LogP contribution in [0.25, 0.3) is 22.3 Å². The fraction of sp³-hybridized carbons (Fsp3) is 0.357. The van der Waals surface area contributed by atoms with E-state index in [9.17, 15) is 5.11 Å². The van der Waals surface area contributed by atoms with Crippen LogP contribution in [0, 0.1) is 0 Å². The summed E-state index contributed by atoms with van der Waals surface area (Å²) in [6, 6.07) is 24.8. The summed E-state index contributed by atoms with van der Waals surface area (Å²) in [5, 5.41) is 10.7. The first-order valence-electron chi connectivity index (χ1n) is 11.3. The first kappa shape index (κ1) is 21.2. The van der Waals surface area contributed by atoms with Gasteiger partial charge in [-0.1, -0.05) is 119 Å². The molecular formula is C28H34O. The second kappa shape index (κ2) is 11.5. The number of aryl methyl sites for hydroxylation is 1. The molecule has 3 aromatic rings. The molecule has 0 saturated heterocycles. The average Bonchev–Trinajstić information content (AvgIpc) is 2.76. The Bertz CT molecular complexity index is 866. The Morgan fingerprint density at radius 2 is 1.21 bits per heavy atom. The van der Waals surface area contributed by atoms with E-state index < -0.39 is 0 Å². The monoisotopic (exact) mass is 386 g/mol. The molecule has 1 N–H and O–H groups in total. The van der Waals surface area contributed by atoms with Crippen molar-refractivity contribution in [1.82, 2.24) is 0 Å². The fourth-order valence-corrected chi connectivity index (χ4v) is 4.13. The van der Waals surface area contributed by atoms with E-state index in [0.717, 1.165) is 17.5 Å².